The molecule has 0 aromatic heterocycles. The summed E-state index contributed by atoms with van der Waals surface area (Å²) in [5.41, 5.74) is 1.27. The maximum absolute atomic E-state index is 12.4. The second kappa shape index (κ2) is 8.82. The van der Waals surface area contributed by atoms with Crippen LogP contribution in [-0.4, -0.2) is 39.4 Å². The van der Waals surface area contributed by atoms with Gasteiger partial charge in [0.2, 0.25) is 10.0 Å². The van der Waals surface area contributed by atoms with Crippen LogP contribution in [0.1, 0.15) is 29.8 Å². The molecule has 140 valence electrons. The third kappa shape index (κ3) is 4.83. The minimum atomic E-state index is -3.64. The van der Waals surface area contributed by atoms with E-state index < -0.39 is 10.0 Å². The fourth-order valence-corrected chi connectivity index (χ4v) is 3.54. The van der Waals surface area contributed by atoms with Crippen molar-refractivity contribution < 1.29 is 17.9 Å². The molecule has 0 saturated heterocycles. The van der Waals surface area contributed by atoms with Crippen molar-refractivity contribution in [3.05, 3.63) is 59.7 Å². The molecule has 0 radical (unpaired) electrons. The van der Waals surface area contributed by atoms with Crippen LogP contribution >= 0.6 is 0 Å². The van der Waals surface area contributed by atoms with Crippen LogP contribution in [0.25, 0.3) is 0 Å². The number of carbonyl (C=O) groups excluding carboxylic acids is 1. The van der Waals surface area contributed by atoms with E-state index >= 15 is 0 Å². The highest BCUT2D eigenvalue weighted by Gasteiger charge is 2.15. The molecule has 0 aliphatic rings. The summed E-state index contributed by atoms with van der Waals surface area (Å²) in [6.45, 7) is 5.21. The number of amides is 1. The molecule has 2 rings (SSSR count). The normalized spacial score (nSPS) is 11.2. The number of hydrogen-bond acceptors (Lipinski definition) is 4. The first-order valence-corrected chi connectivity index (χ1v) is 9.91. The van der Waals surface area contributed by atoms with Gasteiger partial charge < -0.3 is 9.64 Å². The molecule has 0 heterocycles. The Balaban J connectivity index is 2.11. The standard InChI is InChI=1S/C19H24N2O4S/c1-4-21(5-2)19(22)16-8-6-7-15(13-16)14-20-26(23,24)18-11-9-17(25-3)10-12-18/h6-13,20H,4-5,14H2,1-3H3. The lowest BCUT2D eigenvalue weighted by Crippen LogP contribution is -2.30. The average molecular weight is 376 g/mol. The van der Waals surface area contributed by atoms with Gasteiger partial charge >= 0.3 is 0 Å². The largest absolute Gasteiger partial charge is 0.497 e. The van der Waals surface area contributed by atoms with Crippen molar-refractivity contribution in [2.24, 2.45) is 0 Å². The molecule has 0 aliphatic heterocycles. The number of rotatable bonds is 8. The van der Waals surface area contributed by atoms with Gasteiger partial charge in [0.25, 0.3) is 5.91 Å². The number of benzene rings is 2. The van der Waals surface area contributed by atoms with Gasteiger partial charge in [0.15, 0.2) is 0 Å². The van der Waals surface area contributed by atoms with Gasteiger partial charge in [-0.15, -0.1) is 0 Å². The van der Waals surface area contributed by atoms with Crippen LogP contribution in [0.5, 0.6) is 5.75 Å². The Hall–Kier alpha value is -2.38. The van der Waals surface area contributed by atoms with Crippen molar-refractivity contribution in [1.82, 2.24) is 9.62 Å². The third-order valence-electron chi connectivity index (χ3n) is 4.06. The highest BCUT2D eigenvalue weighted by molar-refractivity contribution is 7.89. The van der Waals surface area contributed by atoms with E-state index in [0.29, 0.717) is 24.4 Å². The molecule has 1 amide bonds. The van der Waals surface area contributed by atoms with Crippen molar-refractivity contribution in [2.75, 3.05) is 20.2 Å². The van der Waals surface area contributed by atoms with Crippen molar-refractivity contribution in [3.63, 3.8) is 0 Å². The SMILES string of the molecule is CCN(CC)C(=O)c1cccc(CNS(=O)(=O)c2ccc(OC)cc2)c1. The second-order valence-electron chi connectivity index (χ2n) is 5.68. The molecule has 0 unspecified atom stereocenters. The van der Waals surface area contributed by atoms with E-state index in [4.69, 9.17) is 4.74 Å². The Labute approximate surface area is 154 Å². The maximum atomic E-state index is 12.4. The Morgan fingerprint density at radius 2 is 1.73 bits per heavy atom. The van der Waals surface area contributed by atoms with E-state index in [2.05, 4.69) is 4.72 Å². The second-order valence-corrected chi connectivity index (χ2v) is 7.44. The van der Waals surface area contributed by atoms with Gasteiger partial charge in [-0.3, -0.25) is 4.79 Å². The molecule has 26 heavy (non-hydrogen) atoms. The molecule has 2 aromatic carbocycles. The predicted octanol–water partition coefficient (Wildman–Crippen LogP) is 2.66. The molecule has 0 saturated carbocycles. The van der Waals surface area contributed by atoms with E-state index in [1.807, 2.05) is 13.8 Å². The van der Waals surface area contributed by atoms with Crippen molar-refractivity contribution in [1.29, 1.82) is 0 Å². The van der Waals surface area contributed by atoms with E-state index in [-0.39, 0.29) is 17.3 Å². The van der Waals surface area contributed by atoms with Crippen molar-refractivity contribution in [3.8, 4) is 5.75 Å². The molecule has 0 spiro atoms. The van der Waals surface area contributed by atoms with Crippen LogP contribution in [0.3, 0.4) is 0 Å². The van der Waals surface area contributed by atoms with E-state index in [1.54, 1.807) is 41.3 Å². The highest BCUT2D eigenvalue weighted by Crippen LogP contribution is 2.16. The minimum Gasteiger partial charge on any atom is -0.497 e. The number of hydrogen-bond donors (Lipinski definition) is 1. The van der Waals surface area contributed by atoms with Gasteiger partial charge in [-0.05, 0) is 55.8 Å². The van der Waals surface area contributed by atoms with Crippen molar-refractivity contribution in [2.45, 2.75) is 25.3 Å². The fraction of sp³-hybridized carbons (Fsp3) is 0.316. The van der Waals surface area contributed by atoms with Crippen LogP contribution < -0.4 is 9.46 Å². The summed E-state index contributed by atoms with van der Waals surface area (Å²) in [6.07, 6.45) is 0. The zero-order valence-corrected chi connectivity index (χ0v) is 16.0. The molecule has 0 bridgehead atoms. The summed E-state index contributed by atoms with van der Waals surface area (Å²) in [4.78, 5) is 14.3. The molecular formula is C19H24N2O4S. The van der Waals surface area contributed by atoms with Gasteiger partial charge in [0, 0.05) is 25.2 Å². The summed E-state index contributed by atoms with van der Waals surface area (Å²) in [5.74, 6) is 0.529. The summed E-state index contributed by atoms with van der Waals surface area (Å²) in [6, 6.07) is 13.2. The maximum Gasteiger partial charge on any atom is 0.253 e. The highest BCUT2D eigenvalue weighted by atomic mass is 32.2. The van der Waals surface area contributed by atoms with E-state index in [1.165, 1.54) is 19.2 Å². The number of sulfonamides is 1. The Morgan fingerprint density at radius 1 is 1.08 bits per heavy atom. The molecule has 0 atom stereocenters. The lowest BCUT2D eigenvalue weighted by molar-refractivity contribution is 0.0773. The number of methoxy groups -OCH3 is 1. The van der Waals surface area contributed by atoms with E-state index in [9.17, 15) is 13.2 Å². The number of ether oxygens (including phenoxy) is 1. The van der Waals surface area contributed by atoms with Crippen LogP contribution in [-0.2, 0) is 16.6 Å². The first-order valence-electron chi connectivity index (χ1n) is 8.43. The first-order chi connectivity index (χ1) is 12.4. The zero-order chi connectivity index (χ0) is 19.2. The zero-order valence-electron chi connectivity index (χ0n) is 15.2. The fourth-order valence-electron chi connectivity index (χ4n) is 2.52. The third-order valence-corrected chi connectivity index (χ3v) is 5.48. The molecule has 7 heteroatoms. The smallest absolute Gasteiger partial charge is 0.253 e. The Morgan fingerprint density at radius 3 is 2.31 bits per heavy atom. The average Bonchev–Trinajstić information content (AvgIpc) is 2.67. The van der Waals surface area contributed by atoms with Crippen LogP contribution in [0.15, 0.2) is 53.4 Å². The molecular weight excluding hydrogens is 352 g/mol. The van der Waals surface area contributed by atoms with Crippen LogP contribution in [0, 0.1) is 0 Å². The van der Waals surface area contributed by atoms with E-state index in [0.717, 1.165) is 5.56 Å². The lowest BCUT2D eigenvalue weighted by atomic mass is 10.1. The number of nitrogens with one attached hydrogen (secondary N) is 1. The van der Waals surface area contributed by atoms with Gasteiger partial charge in [-0.2, -0.15) is 0 Å². The lowest BCUT2D eigenvalue weighted by Gasteiger charge is -2.19. The molecule has 0 fully saturated rings. The molecule has 2 aromatic rings. The first kappa shape index (κ1) is 19.9. The summed E-state index contributed by atoms with van der Waals surface area (Å²) in [7, 11) is -2.12. The number of nitrogens with zero attached hydrogens (tertiary/aromatic N) is 1. The van der Waals surface area contributed by atoms with Crippen molar-refractivity contribution >= 4 is 15.9 Å². The topological polar surface area (TPSA) is 75.7 Å². The van der Waals surface area contributed by atoms with Gasteiger partial charge in [-0.25, -0.2) is 13.1 Å². The Kier molecular flexibility index (Phi) is 6.76. The quantitative estimate of drug-likeness (QED) is 0.768. The monoisotopic (exact) mass is 376 g/mol. The van der Waals surface area contributed by atoms with Gasteiger partial charge in [0.1, 0.15) is 5.75 Å². The minimum absolute atomic E-state index is 0.0603. The van der Waals surface area contributed by atoms with Crippen LogP contribution in [0.4, 0.5) is 0 Å². The molecule has 0 aliphatic carbocycles. The molecule has 1 N–H and O–H groups in total. The summed E-state index contributed by atoms with van der Waals surface area (Å²) in [5, 5.41) is 0. The molecule has 6 nitrogen and oxygen atoms in total. The Bertz CT molecular complexity index is 844. The van der Waals surface area contributed by atoms with Crippen LogP contribution in [0.2, 0.25) is 0 Å². The summed E-state index contributed by atoms with van der Waals surface area (Å²) < 4.78 is 32.4. The predicted molar refractivity (Wildman–Crippen MR) is 101 cm³/mol. The number of carbonyl (C=O) groups is 1. The van der Waals surface area contributed by atoms with Gasteiger partial charge in [0.05, 0.1) is 12.0 Å². The van der Waals surface area contributed by atoms with Gasteiger partial charge in [-0.1, -0.05) is 12.1 Å². The summed E-state index contributed by atoms with van der Waals surface area (Å²) >= 11 is 0.